The number of aromatic nitrogens is 2. The first-order valence-corrected chi connectivity index (χ1v) is 8.24. The van der Waals surface area contributed by atoms with Gasteiger partial charge in [-0.2, -0.15) is 0 Å². The van der Waals surface area contributed by atoms with Crippen LogP contribution in [0.25, 0.3) is 10.9 Å². The van der Waals surface area contributed by atoms with Crippen LogP contribution in [0, 0.1) is 0 Å². The molecule has 0 spiro atoms. The molecule has 1 aromatic carbocycles. The van der Waals surface area contributed by atoms with Crippen LogP contribution in [0.2, 0.25) is 0 Å². The molecule has 1 aliphatic heterocycles. The maximum atomic E-state index is 12.6. The van der Waals surface area contributed by atoms with Crippen molar-refractivity contribution in [2.75, 3.05) is 31.6 Å². The quantitative estimate of drug-likeness (QED) is 0.798. The molecule has 0 saturated carbocycles. The van der Waals surface area contributed by atoms with Crippen molar-refractivity contribution in [3.05, 3.63) is 60.6 Å². The molecule has 3 heterocycles. The number of hydrogen-bond acceptors (Lipinski definition) is 5. The van der Waals surface area contributed by atoms with Gasteiger partial charge in [0.2, 0.25) is 0 Å². The summed E-state index contributed by atoms with van der Waals surface area (Å²) in [5, 5.41) is 4.38. The maximum absolute atomic E-state index is 12.6. The Balaban J connectivity index is 1.60. The number of amides is 1. The number of anilines is 2. The third kappa shape index (κ3) is 3.29. The minimum absolute atomic E-state index is 0.0181. The highest BCUT2D eigenvalue weighted by molar-refractivity contribution is 5.96. The maximum Gasteiger partial charge on any atom is 0.255 e. The molecular weight excluding hydrogens is 316 g/mol. The Morgan fingerprint density at radius 2 is 1.96 bits per heavy atom. The zero-order valence-corrected chi connectivity index (χ0v) is 13.7. The van der Waals surface area contributed by atoms with Gasteiger partial charge in [0.25, 0.3) is 5.91 Å². The molecule has 1 amide bonds. The zero-order valence-electron chi connectivity index (χ0n) is 13.7. The topological polar surface area (TPSA) is 67.4 Å². The van der Waals surface area contributed by atoms with Gasteiger partial charge in [-0.05, 0) is 18.2 Å². The summed E-state index contributed by atoms with van der Waals surface area (Å²) in [6, 6.07) is 11.7. The molecule has 25 heavy (non-hydrogen) atoms. The predicted molar refractivity (Wildman–Crippen MR) is 96.0 cm³/mol. The molecule has 0 bridgehead atoms. The van der Waals surface area contributed by atoms with Crippen molar-refractivity contribution in [2.45, 2.75) is 0 Å². The number of nitrogens with one attached hydrogen (secondary N) is 1. The van der Waals surface area contributed by atoms with Crippen LogP contribution in [-0.2, 0) is 4.74 Å². The van der Waals surface area contributed by atoms with Gasteiger partial charge in [0.15, 0.2) is 0 Å². The molecule has 1 fully saturated rings. The van der Waals surface area contributed by atoms with Crippen molar-refractivity contribution in [1.29, 1.82) is 0 Å². The molecule has 6 heteroatoms. The van der Waals surface area contributed by atoms with Crippen molar-refractivity contribution in [1.82, 2.24) is 14.9 Å². The van der Waals surface area contributed by atoms with Crippen LogP contribution in [0.5, 0.6) is 0 Å². The van der Waals surface area contributed by atoms with E-state index >= 15 is 0 Å². The second-order valence-corrected chi connectivity index (χ2v) is 5.87. The van der Waals surface area contributed by atoms with E-state index in [-0.39, 0.29) is 5.91 Å². The van der Waals surface area contributed by atoms with E-state index in [1.54, 1.807) is 23.5 Å². The van der Waals surface area contributed by atoms with Crippen molar-refractivity contribution >= 4 is 28.2 Å². The molecule has 2 aromatic heterocycles. The van der Waals surface area contributed by atoms with Crippen LogP contribution in [0.4, 0.5) is 11.4 Å². The molecule has 126 valence electrons. The van der Waals surface area contributed by atoms with E-state index in [0.717, 1.165) is 22.3 Å². The molecule has 3 aromatic rings. The van der Waals surface area contributed by atoms with Gasteiger partial charge in [0.1, 0.15) is 0 Å². The highest BCUT2D eigenvalue weighted by atomic mass is 16.5. The lowest BCUT2D eigenvalue weighted by molar-refractivity contribution is 0.0302. The zero-order chi connectivity index (χ0) is 17.1. The van der Waals surface area contributed by atoms with E-state index in [9.17, 15) is 4.79 Å². The second-order valence-electron chi connectivity index (χ2n) is 5.87. The monoisotopic (exact) mass is 334 g/mol. The number of carbonyl (C=O) groups excluding carboxylic acids is 1. The van der Waals surface area contributed by atoms with Crippen LogP contribution in [0.15, 0.2) is 55.0 Å². The largest absolute Gasteiger partial charge is 0.378 e. The number of pyridine rings is 2. The van der Waals surface area contributed by atoms with Crippen molar-refractivity contribution in [3.63, 3.8) is 0 Å². The highest BCUT2D eigenvalue weighted by Crippen LogP contribution is 2.24. The first-order chi connectivity index (χ1) is 12.3. The summed E-state index contributed by atoms with van der Waals surface area (Å²) in [5.41, 5.74) is 3.10. The second kappa shape index (κ2) is 6.86. The first-order valence-electron chi connectivity index (χ1n) is 8.24. The molecule has 0 unspecified atom stereocenters. The Morgan fingerprint density at radius 3 is 2.84 bits per heavy atom. The lowest BCUT2D eigenvalue weighted by atomic mass is 10.2. The minimum Gasteiger partial charge on any atom is -0.378 e. The summed E-state index contributed by atoms with van der Waals surface area (Å²) in [6.45, 7) is 2.39. The number of carbonyl (C=O) groups is 1. The number of fused-ring (bicyclic) bond motifs is 1. The van der Waals surface area contributed by atoms with Gasteiger partial charge >= 0.3 is 0 Å². The predicted octanol–water partition coefficient (Wildman–Crippen LogP) is 2.85. The SMILES string of the molecule is O=C(c1cncc(Nc2cccc3cccnc23)c1)N1CCOCC1. The Labute approximate surface area is 145 Å². The Bertz CT molecular complexity index is 901. The Hall–Kier alpha value is -2.99. The standard InChI is InChI=1S/C19H18N4O2/c24-19(23-7-9-25-10-8-23)15-11-16(13-20-12-15)22-17-5-1-3-14-4-2-6-21-18(14)17/h1-6,11-13,22H,7-10H2. The van der Waals surface area contributed by atoms with Gasteiger partial charge in [-0.25, -0.2) is 0 Å². The van der Waals surface area contributed by atoms with Gasteiger partial charge in [-0.15, -0.1) is 0 Å². The summed E-state index contributed by atoms with van der Waals surface area (Å²) in [4.78, 5) is 23.1. The number of para-hydroxylation sites is 1. The number of hydrogen-bond donors (Lipinski definition) is 1. The molecule has 6 nitrogen and oxygen atoms in total. The molecule has 1 saturated heterocycles. The van der Waals surface area contributed by atoms with E-state index in [4.69, 9.17) is 4.74 Å². The normalized spacial score (nSPS) is 14.5. The smallest absolute Gasteiger partial charge is 0.255 e. The highest BCUT2D eigenvalue weighted by Gasteiger charge is 2.19. The lowest BCUT2D eigenvalue weighted by Crippen LogP contribution is -2.40. The average Bonchev–Trinajstić information content (AvgIpc) is 2.69. The number of morpholine rings is 1. The van der Waals surface area contributed by atoms with E-state index in [0.29, 0.717) is 31.9 Å². The van der Waals surface area contributed by atoms with Crippen molar-refractivity contribution in [2.24, 2.45) is 0 Å². The molecule has 0 radical (unpaired) electrons. The van der Waals surface area contributed by atoms with E-state index in [1.165, 1.54) is 0 Å². The van der Waals surface area contributed by atoms with Crippen molar-refractivity contribution < 1.29 is 9.53 Å². The first kappa shape index (κ1) is 15.5. The number of nitrogens with zero attached hydrogens (tertiary/aromatic N) is 3. The number of ether oxygens (including phenoxy) is 1. The van der Waals surface area contributed by atoms with Crippen LogP contribution in [0.3, 0.4) is 0 Å². The molecule has 0 atom stereocenters. The number of benzene rings is 1. The third-order valence-corrected chi connectivity index (χ3v) is 4.20. The Morgan fingerprint density at radius 1 is 1.12 bits per heavy atom. The fourth-order valence-corrected chi connectivity index (χ4v) is 2.93. The van der Waals surface area contributed by atoms with Crippen LogP contribution >= 0.6 is 0 Å². The summed E-state index contributed by atoms with van der Waals surface area (Å²) < 4.78 is 5.30. The van der Waals surface area contributed by atoms with Crippen LogP contribution in [-0.4, -0.2) is 47.1 Å². The van der Waals surface area contributed by atoms with Gasteiger partial charge in [0.05, 0.1) is 41.9 Å². The molecule has 1 aliphatic rings. The molecule has 0 aliphatic carbocycles. The molecule has 1 N–H and O–H groups in total. The fraction of sp³-hybridized carbons (Fsp3) is 0.211. The number of rotatable bonds is 3. The minimum atomic E-state index is -0.0181. The summed E-state index contributed by atoms with van der Waals surface area (Å²) in [6.07, 6.45) is 5.08. The third-order valence-electron chi connectivity index (χ3n) is 4.20. The van der Waals surface area contributed by atoms with Gasteiger partial charge in [-0.3, -0.25) is 14.8 Å². The Kier molecular flexibility index (Phi) is 4.26. The average molecular weight is 334 g/mol. The molecular formula is C19H18N4O2. The van der Waals surface area contributed by atoms with Crippen LogP contribution < -0.4 is 5.32 Å². The summed E-state index contributed by atoms with van der Waals surface area (Å²) in [5.74, 6) is -0.0181. The van der Waals surface area contributed by atoms with E-state index < -0.39 is 0 Å². The van der Waals surface area contributed by atoms with Crippen LogP contribution in [0.1, 0.15) is 10.4 Å². The fourth-order valence-electron chi connectivity index (χ4n) is 2.93. The van der Waals surface area contributed by atoms with Crippen molar-refractivity contribution in [3.8, 4) is 0 Å². The molecule has 4 rings (SSSR count). The van der Waals surface area contributed by atoms with E-state index in [1.807, 2.05) is 36.4 Å². The lowest BCUT2D eigenvalue weighted by Gasteiger charge is -2.26. The van der Waals surface area contributed by atoms with Gasteiger partial charge in [-0.1, -0.05) is 18.2 Å². The van der Waals surface area contributed by atoms with E-state index in [2.05, 4.69) is 15.3 Å². The summed E-state index contributed by atoms with van der Waals surface area (Å²) >= 11 is 0. The van der Waals surface area contributed by atoms with Gasteiger partial charge < -0.3 is 15.0 Å². The summed E-state index contributed by atoms with van der Waals surface area (Å²) in [7, 11) is 0. The van der Waals surface area contributed by atoms with Gasteiger partial charge in [0, 0.05) is 30.9 Å².